The highest BCUT2D eigenvalue weighted by Crippen LogP contribution is 2.17. The van der Waals surface area contributed by atoms with E-state index in [2.05, 4.69) is 10.6 Å². The van der Waals surface area contributed by atoms with E-state index in [-0.39, 0.29) is 12.5 Å². The van der Waals surface area contributed by atoms with Crippen molar-refractivity contribution in [3.8, 4) is 0 Å². The van der Waals surface area contributed by atoms with Crippen LogP contribution in [0.25, 0.3) is 0 Å². The molecule has 0 bridgehead atoms. The predicted octanol–water partition coefficient (Wildman–Crippen LogP) is -1.65. The number of nitrogens with zero attached hydrogens (tertiary/aromatic N) is 1. The van der Waals surface area contributed by atoms with E-state index in [0.717, 1.165) is 0 Å². The molecule has 8 heteroatoms. The number of aliphatic carboxylic acids is 1. The van der Waals surface area contributed by atoms with Gasteiger partial charge in [-0.25, -0.2) is 9.59 Å². The summed E-state index contributed by atoms with van der Waals surface area (Å²) in [7, 11) is 0. The molecule has 1 rings (SSSR count). The maximum absolute atomic E-state index is 11.9. The number of piperazine rings is 1. The lowest BCUT2D eigenvalue weighted by molar-refractivity contribution is -0.140. The highest BCUT2D eigenvalue weighted by Gasteiger charge is 2.41. The van der Waals surface area contributed by atoms with Gasteiger partial charge in [0, 0.05) is 13.1 Å². The molecule has 0 aromatic rings. The molecule has 0 aliphatic carbocycles. The highest BCUT2D eigenvalue weighted by molar-refractivity contribution is 5.92. The van der Waals surface area contributed by atoms with Crippen LogP contribution in [-0.4, -0.2) is 64.3 Å². The SMILES string of the molecule is CC1(C)C(=O)NCCN1C(=O)NC(CO)C(=O)O. The van der Waals surface area contributed by atoms with E-state index in [1.165, 1.54) is 4.90 Å². The van der Waals surface area contributed by atoms with Crippen molar-refractivity contribution >= 4 is 17.9 Å². The summed E-state index contributed by atoms with van der Waals surface area (Å²) >= 11 is 0. The highest BCUT2D eigenvalue weighted by atomic mass is 16.4. The normalized spacial score (nSPS) is 19.9. The van der Waals surface area contributed by atoms with Crippen LogP contribution in [-0.2, 0) is 9.59 Å². The van der Waals surface area contributed by atoms with Crippen molar-refractivity contribution in [3.63, 3.8) is 0 Å². The van der Waals surface area contributed by atoms with Crippen molar-refractivity contribution in [1.29, 1.82) is 0 Å². The van der Waals surface area contributed by atoms with Crippen LogP contribution in [0.4, 0.5) is 4.79 Å². The van der Waals surface area contributed by atoms with Crippen LogP contribution in [0.5, 0.6) is 0 Å². The number of carboxylic acids is 1. The lowest BCUT2D eigenvalue weighted by atomic mass is 9.99. The summed E-state index contributed by atoms with van der Waals surface area (Å²) in [5, 5.41) is 22.4. The summed E-state index contributed by atoms with van der Waals surface area (Å²) < 4.78 is 0. The number of urea groups is 1. The number of rotatable bonds is 3. The van der Waals surface area contributed by atoms with E-state index in [1.807, 2.05) is 0 Å². The minimum absolute atomic E-state index is 0.280. The van der Waals surface area contributed by atoms with Crippen molar-refractivity contribution < 1.29 is 24.6 Å². The number of nitrogens with one attached hydrogen (secondary N) is 2. The topological polar surface area (TPSA) is 119 Å². The fraction of sp³-hybridized carbons (Fsp3) is 0.700. The number of carboxylic acid groups (broad SMARTS) is 1. The maximum Gasteiger partial charge on any atom is 0.328 e. The second kappa shape index (κ2) is 5.21. The third kappa shape index (κ3) is 2.70. The summed E-state index contributed by atoms with van der Waals surface area (Å²) in [6.07, 6.45) is 0. The van der Waals surface area contributed by atoms with E-state index < -0.39 is 30.2 Å². The van der Waals surface area contributed by atoms with Crippen LogP contribution in [0.15, 0.2) is 0 Å². The van der Waals surface area contributed by atoms with Crippen LogP contribution in [0.3, 0.4) is 0 Å². The quantitative estimate of drug-likeness (QED) is 0.484. The van der Waals surface area contributed by atoms with E-state index in [9.17, 15) is 14.4 Å². The summed E-state index contributed by atoms with van der Waals surface area (Å²) in [5.74, 6) is -1.63. The van der Waals surface area contributed by atoms with Crippen LogP contribution < -0.4 is 10.6 Å². The van der Waals surface area contributed by atoms with Crippen molar-refractivity contribution in [3.05, 3.63) is 0 Å². The third-order valence-electron chi connectivity index (χ3n) is 2.87. The molecule has 0 spiro atoms. The first-order valence-electron chi connectivity index (χ1n) is 5.50. The molecule has 1 fully saturated rings. The molecule has 1 atom stereocenters. The maximum atomic E-state index is 11.9. The molecule has 1 heterocycles. The summed E-state index contributed by atoms with van der Waals surface area (Å²) in [6, 6.07) is -2.06. The van der Waals surface area contributed by atoms with Gasteiger partial charge in [-0.15, -0.1) is 0 Å². The Kier molecular flexibility index (Phi) is 4.12. The van der Waals surface area contributed by atoms with Crippen molar-refractivity contribution in [2.24, 2.45) is 0 Å². The molecule has 1 aliphatic heterocycles. The molecule has 3 amide bonds. The zero-order valence-electron chi connectivity index (χ0n) is 10.3. The summed E-state index contributed by atoms with van der Waals surface area (Å²) in [5.41, 5.74) is -1.05. The number of aliphatic hydroxyl groups is 1. The Morgan fingerprint density at radius 1 is 1.56 bits per heavy atom. The number of hydrogen-bond donors (Lipinski definition) is 4. The van der Waals surface area contributed by atoms with E-state index in [1.54, 1.807) is 13.8 Å². The van der Waals surface area contributed by atoms with Crippen LogP contribution in [0.1, 0.15) is 13.8 Å². The van der Waals surface area contributed by atoms with E-state index in [0.29, 0.717) is 6.54 Å². The van der Waals surface area contributed by atoms with Gasteiger partial charge in [0.05, 0.1) is 6.61 Å². The Labute approximate surface area is 104 Å². The monoisotopic (exact) mass is 259 g/mol. The van der Waals surface area contributed by atoms with Crippen LogP contribution >= 0.6 is 0 Å². The molecule has 0 aromatic carbocycles. The van der Waals surface area contributed by atoms with E-state index >= 15 is 0 Å². The standard InChI is InChI=1S/C10H17N3O5/c1-10(2)8(17)11-3-4-13(10)9(18)12-6(5-14)7(15)16/h6,14H,3-5H2,1-2H3,(H,11,17)(H,12,18)(H,15,16). The van der Waals surface area contributed by atoms with Gasteiger partial charge in [0.25, 0.3) is 0 Å². The van der Waals surface area contributed by atoms with Crippen molar-refractivity contribution in [2.75, 3.05) is 19.7 Å². The minimum Gasteiger partial charge on any atom is -0.480 e. The fourth-order valence-electron chi connectivity index (χ4n) is 1.67. The van der Waals surface area contributed by atoms with Crippen LogP contribution in [0.2, 0.25) is 0 Å². The fourth-order valence-corrected chi connectivity index (χ4v) is 1.67. The second-order valence-electron chi connectivity index (χ2n) is 4.49. The number of carbonyl (C=O) groups excluding carboxylic acids is 2. The van der Waals surface area contributed by atoms with Gasteiger partial charge in [-0.1, -0.05) is 0 Å². The molecular formula is C10H17N3O5. The van der Waals surface area contributed by atoms with Gasteiger partial charge in [-0.05, 0) is 13.8 Å². The van der Waals surface area contributed by atoms with E-state index in [4.69, 9.17) is 10.2 Å². The van der Waals surface area contributed by atoms with Gasteiger partial charge < -0.3 is 25.7 Å². The molecule has 102 valence electrons. The molecule has 0 radical (unpaired) electrons. The lowest BCUT2D eigenvalue weighted by Crippen LogP contribution is -2.66. The third-order valence-corrected chi connectivity index (χ3v) is 2.87. The number of amides is 3. The molecule has 8 nitrogen and oxygen atoms in total. The van der Waals surface area contributed by atoms with Crippen molar-refractivity contribution in [2.45, 2.75) is 25.4 Å². The van der Waals surface area contributed by atoms with Crippen molar-refractivity contribution in [1.82, 2.24) is 15.5 Å². The van der Waals surface area contributed by atoms with Gasteiger partial charge in [0.15, 0.2) is 6.04 Å². The lowest BCUT2D eigenvalue weighted by Gasteiger charge is -2.41. The molecular weight excluding hydrogens is 242 g/mol. The molecule has 18 heavy (non-hydrogen) atoms. The predicted molar refractivity (Wildman–Crippen MR) is 60.8 cm³/mol. The average molecular weight is 259 g/mol. The average Bonchev–Trinajstić information content (AvgIpc) is 2.28. The minimum atomic E-state index is -1.38. The molecule has 4 N–H and O–H groups in total. The Hall–Kier alpha value is -1.83. The zero-order chi connectivity index (χ0) is 13.9. The first-order chi connectivity index (χ1) is 8.30. The molecule has 0 saturated carbocycles. The number of aliphatic hydroxyl groups excluding tert-OH is 1. The van der Waals surface area contributed by atoms with Gasteiger partial charge in [0.2, 0.25) is 5.91 Å². The Morgan fingerprint density at radius 2 is 2.17 bits per heavy atom. The zero-order valence-corrected chi connectivity index (χ0v) is 10.3. The van der Waals surface area contributed by atoms with Gasteiger partial charge in [-0.3, -0.25) is 4.79 Å². The molecule has 1 aliphatic rings. The molecule has 1 unspecified atom stereocenters. The first kappa shape index (κ1) is 14.2. The molecule has 1 saturated heterocycles. The van der Waals surface area contributed by atoms with Crippen LogP contribution in [0, 0.1) is 0 Å². The number of carbonyl (C=O) groups is 3. The summed E-state index contributed by atoms with van der Waals surface area (Å²) in [4.78, 5) is 35.5. The Morgan fingerprint density at radius 3 is 2.67 bits per heavy atom. The van der Waals surface area contributed by atoms with Gasteiger partial charge in [-0.2, -0.15) is 0 Å². The summed E-state index contributed by atoms with van der Waals surface area (Å²) in [6.45, 7) is 3.02. The first-order valence-corrected chi connectivity index (χ1v) is 5.50. The van der Waals surface area contributed by atoms with Gasteiger partial charge >= 0.3 is 12.0 Å². The largest absolute Gasteiger partial charge is 0.480 e. The molecule has 0 aromatic heterocycles. The smallest absolute Gasteiger partial charge is 0.328 e. The van der Waals surface area contributed by atoms with Gasteiger partial charge in [0.1, 0.15) is 5.54 Å². The Bertz CT molecular complexity index is 369. The Balaban J connectivity index is 2.77. The second-order valence-corrected chi connectivity index (χ2v) is 4.49. The number of hydrogen-bond acceptors (Lipinski definition) is 4.